The monoisotopic (exact) mass is 135 g/mol. The predicted octanol–water partition coefficient (Wildman–Crippen LogP) is 2.08. The predicted molar refractivity (Wildman–Crippen MR) is 37.4 cm³/mol. The van der Waals surface area contributed by atoms with Gasteiger partial charge in [0.2, 0.25) is 0 Å². The Labute approximate surface area is 57.7 Å². The molecule has 10 heavy (non-hydrogen) atoms. The van der Waals surface area contributed by atoms with Crippen molar-refractivity contribution in [2.24, 2.45) is 0 Å². The van der Waals surface area contributed by atoms with Crippen LogP contribution in [0.4, 0.5) is 4.39 Å². The normalized spacial score (nSPS) is 10.5. The molecule has 0 atom stereocenters. The molecule has 50 valence electrons. The fourth-order valence-electron chi connectivity index (χ4n) is 1.01. The van der Waals surface area contributed by atoms with Gasteiger partial charge in [-0.05, 0) is 24.3 Å². The van der Waals surface area contributed by atoms with Gasteiger partial charge < -0.3 is 4.40 Å². The lowest BCUT2D eigenvalue weighted by atomic mass is 10.4. The number of fused-ring (bicyclic) bond motifs is 1. The molecule has 0 saturated carbocycles. The van der Waals surface area contributed by atoms with Crippen molar-refractivity contribution in [1.82, 2.24) is 4.40 Å². The Morgan fingerprint density at radius 3 is 3.00 bits per heavy atom. The van der Waals surface area contributed by atoms with Gasteiger partial charge in [0.1, 0.15) is 5.82 Å². The minimum atomic E-state index is -0.205. The first-order valence-electron chi connectivity index (χ1n) is 3.08. The highest BCUT2D eigenvalue weighted by molar-refractivity contribution is 5.46. The summed E-state index contributed by atoms with van der Waals surface area (Å²) in [5.74, 6) is -0.205. The summed E-state index contributed by atoms with van der Waals surface area (Å²) in [5.41, 5.74) is 1.02. The molecule has 1 nitrogen and oxygen atoms in total. The van der Waals surface area contributed by atoms with E-state index in [0.717, 1.165) is 5.52 Å². The third-order valence-corrected chi connectivity index (χ3v) is 1.49. The van der Waals surface area contributed by atoms with Gasteiger partial charge in [-0.3, -0.25) is 0 Å². The second-order valence-corrected chi connectivity index (χ2v) is 2.19. The Morgan fingerprint density at radius 2 is 2.10 bits per heavy atom. The lowest BCUT2D eigenvalue weighted by Gasteiger charge is -1.91. The van der Waals surface area contributed by atoms with Gasteiger partial charge in [0.25, 0.3) is 0 Å². The summed E-state index contributed by atoms with van der Waals surface area (Å²) in [6.45, 7) is 0. The molecule has 0 radical (unpaired) electrons. The maximum Gasteiger partial charge on any atom is 0.139 e. The standard InChI is InChI=1S/C8H6FN/c9-7-3-4-8-2-1-5-10(8)6-7/h1-6H. The van der Waals surface area contributed by atoms with Crippen LogP contribution in [0.3, 0.4) is 0 Å². The van der Waals surface area contributed by atoms with Crippen LogP contribution in [-0.2, 0) is 0 Å². The van der Waals surface area contributed by atoms with E-state index in [1.165, 1.54) is 12.3 Å². The molecule has 0 bridgehead atoms. The zero-order chi connectivity index (χ0) is 6.97. The Bertz CT molecular complexity index is 351. The van der Waals surface area contributed by atoms with Crippen LogP contribution in [0.1, 0.15) is 0 Å². The largest absolute Gasteiger partial charge is 0.321 e. The zero-order valence-corrected chi connectivity index (χ0v) is 5.29. The van der Waals surface area contributed by atoms with Gasteiger partial charge in [0.15, 0.2) is 0 Å². The Hall–Kier alpha value is -1.31. The van der Waals surface area contributed by atoms with Crippen molar-refractivity contribution >= 4 is 5.52 Å². The van der Waals surface area contributed by atoms with Crippen molar-refractivity contribution in [3.63, 3.8) is 0 Å². The molecule has 2 rings (SSSR count). The molecule has 0 unspecified atom stereocenters. The number of nitrogens with zero attached hydrogens (tertiary/aromatic N) is 1. The molecule has 0 aromatic carbocycles. The van der Waals surface area contributed by atoms with Crippen LogP contribution in [-0.4, -0.2) is 4.40 Å². The topological polar surface area (TPSA) is 4.41 Å². The van der Waals surface area contributed by atoms with Crippen LogP contribution in [0.5, 0.6) is 0 Å². The average Bonchev–Trinajstić information content (AvgIpc) is 2.33. The van der Waals surface area contributed by atoms with E-state index in [-0.39, 0.29) is 5.82 Å². The second-order valence-electron chi connectivity index (χ2n) is 2.19. The van der Waals surface area contributed by atoms with Crippen molar-refractivity contribution in [2.75, 3.05) is 0 Å². The summed E-state index contributed by atoms with van der Waals surface area (Å²) in [4.78, 5) is 0. The van der Waals surface area contributed by atoms with Crippen LogP contribution in [0.25, 0.3) is 5.52 Å². The number of rotatable bonds is 0. The summed E-state index contributed by atoms with van der Waals surface area (Å²) in [6, 6.07) is 7.01. The maximum atomic E-state index is 12.5. The van der Waals surface area contributed by atoms with Gasteiger partial charge in [-0.15, -0.1) is 0 Å². The fraction of sp³-hybridized carbons (Fsp3) is 0. The Morgan fingerprint density at radius 1 is 1.20 bits per heavy atom. The van der Waals surface area contributed by atoms with Crippen LogP contribution in [0.2, 0.25) is 0 Å². The van der Waals surface area contributed by atoms with Gasteiger partial charge >= 0.3 is 0 Å². The molecular formula is C8H6FN. The highest BCUT2D eigenvalue weighted by Crippen LogP contribution is 2.05. The van der Waals surface area contributed by atoms with E-state index in [1.807, 2.05) is 18.3 Å². The molecular weight excluding hydrogens is 129 g/mol. The van der Waals surface area contributed by atoms with Gasteiger partial charge in [0.05, 0.1) is 0 Å². The van der Waals surface area contributed by atoms with E-state index in [0.29, 0.717) is 0 Å². The van der Waals surface area contributed by atoms with E-state index < -0.39 is 0 Å². The van der Waals surface area contributed by atoms with Crippen molar-refractivity contribution < 1.29 is 4.39 Å². The first kappa shape index (κ1) is 5.47. The number of hydrogen-bond donors (Lipinski definition) is 0. The molecule has 2 aromatic heterocycles. The van der Waals surface area contributed by atoms with Crippen LogP contribution >= 0.6 is 0 Å². The SMILES string of the molecule is Fc1ccc2cccn2c1. The van der Waals surface area contributed by atoms with Gasteiger partial charge in [-0.2, -0.15) is 0 Å². The zero-order valence-electron chi connectivity index (χ0n) is 5.29. The second kappa shape index (κ2) is 1.84. The summed E-state index contributed by atoms with van der Waals surface area (Å²) in [6.07, 6.45) is 3.27. The van der Waals surface area contributed by atoms with Crippen molar-refractivity contribution in [3.05, 3.63) is 42.5 Å². The molecule has 0 aliphatic carbocycles. The lowest BCUT2D eigenvalue weighted by molar-refractivity contribution is 0.619. The van der Waals surface area contributed by atoms with Crippen molar-refractivity contribution in [2.45, 2.75) is 0 Å². The van der Waals surface area contributed by atoms with E-state index in [4.69, 9.17) is 0 Å². The fourth-order valence-corrected chi connectivity index (χ4v) is 1.01. The lowest BCUT2D eigenvalue weighted by Crippen LogP contribution is -1.81. The quantitative estimate of drug-likeness (QED) is 0.521. The van der Waals surface area contributed by atoms with Crippen LogP contribution in [0, 0.1) is 5.82 Å². The number of aromatic nitrogens is 1. The molecule has 0 saturated heterocycles. The van der Waals surface area contributed by atoms with Gasteiger partial charge in [-0.25, -0.2) is 4.39 Å². The Balaban J connectivity index is 2.86. The minimum Gasteiger partial charge on any atom is -0.321 e. The first-order valence-corrected chi connectivity index (χ1v) is 3.08. The molecule has 0 aliphatic heterocycles. The molecule has 0 aliphatic rings. The smallest absolute Gasteiger partial charge is 0.139 e. The third kappa shape index (κ3) is 0.692. The highest BCUT2D eigenvalue weighted by atomic mass is 19.1. The summed E-state index contributed by atoms with van der Waals surface area (Å²) < 4.78 is 14.2. The van der Waals surface area contributed by atoms with E-state index in [1.54, 1.807) is 10.5 Å². The molecule has 2 heteroatoms. The Kier molecular flexibility index (Phi) is 1.01. The molecule has 0 spiro atoms. The van der Waals surface area contributed by atoms with Crippen molar-refractivity contribution in [3.8, 4) is 0 Å². The van der Waals surface area contributed by atoms with Gasteiger partial charge in [-0.1, -0.05) is 0 Å². The molecule has 0 N–H and O–H groups in total. The molecule has 2 aromatic rings. The van der Waals surface area contributed by atoms with Crippen molar-refractivity contribution in [1.29, 1.82) is 0 Å². The van der Waals surface area contributed by atoms with Crippen LogP contribution < -0.4 is 0 Å². The first-order chi connectivity index (χ1) is 4.86. The third-order valence-electron chi connectivity index (χ3n) is 1.49. The summed E-state index contributed by atoms with van der Waals surface area (Å²) in [5, 5.41) is 0. The maximum absolute atomic E-state index is 12.5. The molecule has 0 fully saturated rings. The minimum absolute atomic E-state index is 0.205. The number of halogens is 1. The molecule has 0 amide bonds. The summed E-state index contributed by atoms with van der Waals surface area (Å²) in [7, 11) is 0. The summed E-state index contributed by atoms with van der Waals surface area (Å²) >= 11 is 0. The van der Waals surface area contributed by atoms with Crippen LogP contribution in [0.15, 0.2) is 36.7 Å². The highest BCUT2D eigenvalue weighted by Gasteiger charge is 1.91. The number of pyridine rings is 1. The van der Waals surface area contributed by atoms with Gasteiger partial charge in [0, 0.05) is 17.9 Å². The molecule has 2 heterocycles. The van der Waals surface area contributed by atoms with E-state index in [2.05, 4.69) is 0 Å². The van der Waals surface area contributed by atoms with E-state index >= 15 is 0 Å². The average molecular weight is 135 g/mol. The number of hydrogen-bond acceptors (Lipinski definition) is 0. The van der Waals surface area contributed by atoms with E-state index in [9.17, 15) is 4.39 Å².